The van der Waals surface area contributed by atoms with Gasteiger partial charge in [0.1, 0.15) is 10.8 Å². The summed E-state index contributed by atoms with van der Waals surface area (Å²) in [6, 6.07) is 6.46. The lowest BCUT2D eigenvalue weighted by molar-refractivity contribution is -0.140. The van der Waals surface area contributed by atoms with Crippen molar-refractivity contribution >= 4 is 17.3 Å². The number of halogens is 4. The highest BCUT2D eigenvalue weighted by Crippen LogP contribution is 2.34. The Morgan fingerprint density at radius 1 is 1.21 bits per heavy atom. The Labute approximate surface area is 170 Å². The van der Waals surface area contributed by atoms with Gasteiger partial charge >= 0.3 is 6.18 Å². The molecule has 0 saturated carbocycles. The van der Waals surface area contributed by atoms with Crippen molar-refractivity contribution in [2.45, 2.75) is 31.0 Å². The van der Waals surface area contributed by atoms with Gasteiger partial charge < -0.3 is 15.4 Å². The lowest BCUT2D eigenvalue weighted by Crippen LogP contribution is -2.47. The number of nitrogens with one attached hydrogen (secondary N) is 2. The average Bonchev–Trinajstić information content (AvgIpc) is 3.19. The zero-order valence-electron chi connectivity index (χ0n) is 15.9. The number of rotatable bonds is 5. The van der Waals surface area contributed by atoms with E-state index in [-0.39, 0.29) is 17.8 Å². The molecule has 0 radical (unpaired) electrons. The summed E-state index contributed by atoms with van der Waals surface area (Å²) in [6.45, 7) is 1.87. The van der Waals surface area contributed by atoms with Gasteiger partial charge in [-0.1, -0.05) is 12.1 Å². The maximum atomic E-state index is 13.3. The predicted octanol–water partition coefficient (Wildman–Crippen LogP) is 3.71. The third kappa shape index (κ3) is 5.45. The van der Waals surface area contributed by atoms with Crippen molar-refractivity contribution in [3.63, 3.8) is 0 Å². The van der Waals surface area contributed by atoms with Crippen LogP contribution in [0.1, 0.15) is 29.1 Å². The summed E-state index contributed by atoms with van der Waals surface area (Å²) in [5, 5.41) is 7.56. The minimum absolute atomic E-state index is 0.132. The number of aliphatic imine (C=N–C) groups is 1. The van der Waals surface area contributed by atoms with Crippen LogP contribution in [0.2, 0.25) is 0 Å². The van der Waals surface area contributed by atoms with Gasteiger partial charge in [0.05, 0.1) is 6.54 Å². The van der Waals surface area contributed by atoms with Gasteiger partial charge in [0, 0.05) is 37.6 Å². The second kappa shape index (κ2) is 9.08. The summed E-state index contributed by atoms with van der Waals surface area (Å²) < 4.78 is 56.9. The van der Waals surface area contributed by atoms with E-state index in [0.717, 1.165) is 35.1 Å². The third-order valence-corrected chi connectivity index (χ3v) is 5.82. The average molecular weight is 430 g/mol. The van der Waals surface area contributed by atoms with Crippen LogP contribution in [0.4, 0.5) is 17.6 Å². The van der Waals surface area contributed by atoms with Crippen molar-refractivity contribution in [2.24, 2.45) is 4.99 Å². The zero-order valence-corrected chi connectivity index (χ0v) is 16.7. The van der Waals surface area contributed by atoms with E-state index in [1.807, 2.05) is 0 Å². The first-order valence-corrected chi connectivity index (χ1v) is 10.0. The molecule has 1 aliphatic rings. The second-order valence-corrected chi connectivity index (χ2v) is 7.75. The number of benzene rings is 1. The van der Waals surface area contributed by atoms with Gasteiger partial charge in [-0.3, -0.25) is 4.99 Å². The fourth-order valence-corrected chi connectivity index (χ4v) is 4.03. The number of alkyl halides is 3. The van der Waals surface area contributed by atoms with Crippen LogP contribution in [0.3, 0.4) is 0 Å². The molecular weight excluding hydrogens is 408 g/mol. The molecule has 0 amide bonds. The maximum absolute atomic E-state index is 13.3. The van der Waals surface area contributed by atoms with Gasteiger partial charge in [-0.15, -0.1) is 11.3 Å². The van der Waals surface area contributed by atoms with Crippen molar-refractivity contribution in [3.8, 4) is 0 Å². The molecule has 2 N–H and O–H groups in total. The smallest absolute Gasteiger partial charge is 0.381 e. The van der Waals surface area contributed by atoms with Crippen molar-refractivity contribution in [1.82, 2.24) is 15.6 Å². The SMILES string of the molecule is CN=C(NCc1nc(C(F)(F)F)cs1)NCC1(c2ccc(F)cc2)CCOCC1. The second-order valence-electron chi connectivity index (χ2n) is 6.80. The molecule has 158 valence electrons. The number of guanidine groups is 1. The van der Waals surface area contributed by atoms with Crippen LogP contribution < -0.4 is 10.6 Å². The normalized spacial score (nSPS) is 17.2. The van der Waals surface area contributed by atoms with Crippen LogP contribution >= 0.6 is 11.3 Å². The first kappa shape index (κ1) is 21.5. The molecular formula is C19H22F4N4OS. The topological polar surface area (TPSA) is 58.5 Å². The maximum Gasteiger partial charge on any atom is 0.434 e. The van der Waals surface area contributed by atoms with Crippen LogP contribution in [0.5, 0.6) is 0 Å². The fourth-order valence-electron chi connectivity index (χ4n) is 3.29. The van der Waals surface area contributed by atoms with E-state index in [9.17, 15) is 17.6 Å². The van der Waals surface area contributed by atoms with E-state index in [1.54, 1.807) is 19.2 Å². The van der Waals surface area contributed by atoms with E-state index in [0.29, 0.717) is 30.7 Å². The van der Waals surface area contributed by atoms with E-state index < -0.39 is 11.9 Å². The lowest BCUT2D eigenvalue weighted by atomic mass is 9.74. The molecule has 0 aliphatic carbocycles. The molecule has 1 saturated heterocycles. The summed E-state index contributed by atoms with van der Waals surface area (Å²) in [4.78, 5) is 7.74. The molecule has 10 heteroatoms. The number of hydrogen-bond acceptors (Lipinski definition) is 4. The van der Waals surface area contributed by atoms with Crippen LogP contribution in [0.15, 0.2) is 34.6 Å². The van der Waals surface area contributed by atoms with Gasteiger partial charge in [-0.25, -0.2) is 9.37 Å². The summed E-state index contributed by atoms with van der Waals surface area (Å²) in [5.41, 5.74) is -0.117. The van der Waals surface area contributed by atoms with Crippen molar-refractivity contribution in [3.05, 3.63) is 51.7 Å². The number of hydrogen-bond donors (Lipinski definition) is 2. The molecule has 0 spiro atoms. The van der Waals surface area contributed by atoms with E-state index in [2.05, 4.69) is 20.6 Å². The Balaban J connectivity index is 1.63. The Bertz CT molecular complexity index is 829. The third-order valence-electron chi connectivity index (χ3n) is 4.97. The minimum Gasteiger partial charge on any atom is -0.381 e. The summed E-state index contributed by atoms with van der Waals surface area (Å²) in [5.74, 6) is 0.171. The molecule has 0 atom stereocenters. The van der Waals surface area contributed by atoms with Crippen LogP contribution in [0, 0.1) is 5.82 Å². The van der Waals surface area contributed by atoms with Crippen molar-refractivity contribution in [1.29, 1.82) is 0 Å². The van der Waals surface area contributed by atoms with Crippen LogP contribution in [-0.4, -0.2) is 37.7 Å². The minimum atomic E-state index is -4.45. The zero-order chi connectivity index (χ0) is 20.9. The Morgan fingerprint density at radius 3 is 2.48 bits per heavy atom. The quantitative estimate of drug-likeness (QED) is 0.431. The van der Waals surface area contributed by atoms with Crippen molar-refractivity contribution in [2.75, 3.05) is 26.8 Å². The van der Waals surface area contributed by atoms with Crippen molar-refractivity contribution < 1.29 is 22.3 Å². The molecule has 29 heavy (non-hydrogen) atoms. The van der Waals surface area contributed by atoms with E-state index in [4.69, 9.17) is 4.74 Å². The highest BCUT2D eigenvalue weighted by atomic mass is 32.1. The molecule has 0 unspecified atom stereocenters. The van der Waals surface area contributed by atoms with Gasteiger partial charge in [-0.05, 0) is 30.5 Å². The van der Waals surface area contributed by atoms with Gasteiger partial charge in [-0.2, -0.15) is 13.2 Å². The number of aromatic nitrogens is 1. The molecule has 0 bridgehead atoms. The van der Waals surface area contributed by atoms with Crippen LogP contribution in [-0.2, 0) is 22.9 Å². The molecule has 2 heterocycles. The standard InChI is InChI=1S/C19H22F4N4OS/c1-24-17(25-10-16-27-15(11-29-16)19(21,22)23)26-12-18(6-8-28-9-7-18)13-2-4-14(20)5-3-13/h2-5,11H,6-10,12H2,1H3,(H2,24,25,26). The van der Waals surface area contributed by atoms with E-state index in [1.165, 1.54) is 12.1 Å². The number of nitrogens with zero attached hydrogens (tertiary/aromatic N) is 2. The predicted molar refractivity (Wildman–Crippen MR) is 103 cm³/mol. The Kier molecular flexibility index (Phi) is 6.74. The molecule has 3 rings (SSSR count). The van der Waals surface area contributed by atoms with Crippen LogP contribution in [0.25, 0.3) is 0 Å². The molecule has 1 aromatic heterocycles. The molecule has 1 fully saturated rings. The Morgan fingerprint density at radius 2 is 1.90 bits per heavy atom. The summed E-state index contributed by atoms with van der Waals surface area (Å²) >= 11 is 0.944. The summed E-state index contributed by atoms with van der Waals surface area (Å²) in [6.07, 6.45) is -2.91. The first-order chi connectivity index (χ1) is 13.8. The monoisotopic (exact) mass is 430 g/mol. The van der Waals surface area contributed by atoms with Gasteiger partial charge in [0.25, 0.3) is 0 Å². The van der Waals surface area contributed by atoms with Gasteiger partial charge in [0.2, 0.25) is 0 Å². The number of thiazole rings is 1. The lowest BCUT2D eigenvalue weighted by Gasteiger charge is -2.38. The summed E-state index contributed by atoms with van der Waals surface area (Å²) in [7, 11) is 1.59. The molecule has 5 nitrogen and oxygen atoms in total. The Hall–Kier alpha value is -2.20. The fraction of sp³-hybridized carbons (Fsp3) is 0.474. The van der Waals surface area contributed by atoms with E-state index >= 15 is 0 Å². The first-order valence-electron chi connectivity index (χ1n) is 9.12. The largest absolute Gasteiger partial charge is 0.434 e. The highest BCUT2D eigenvalue weighted by molar-refractivity contribution is 7.09. The van der Waals surface area contributed by atoms with Gasteiger partial charge in [0.15, 0.2) is 11.7 Å². The highest BCUT2D eigenvalue weighted by Gasteiger charge is 2.35. The molecule has 1 aromatic carbocycles. The molecule has 1 aliphatic heterocycles. The number of ether oxygens (including phenoxy) is 1. The molecule has 2 aromatic rings.